The zero-order valence-electron chi connectivity index (χ0n) is 22.0. The first-order valence-electron chi connectivity index (χ1n) is 13.0. The van der Waals surface area contributed by atoms with E-state index in [9.17, 15) is 9.50 Å². The summed E-state index contributed by atoms with van der Waals surface area (Å²) in [6, 6.07) is 10.9. The van der Waals surface area contributed by atoms with Crippen LogP contribution < -0.4 is 5.32 Å². The number of rotatable bonds is 7. The van der Waals surface area contributed by atoms with Crippen molar-refractivity contribution in [3.8, 4) is 22.4 Å². The fraction of sp³-hybridized carbons (Fsp3) is 0.483. The van der Waals surface area contributed by atoms with E-state index >= 15 is 0 Å². The molecule has 0 bridgehead atoms. The van der Waals surface area contributed by atoms with Crippen molar-refractivity contribution in [2.45, 2.75) is 76.6 Å². The summed E-state index contributed by atoms with van der Waals surface area (Å²) in [5, 5.41) is 15.5. The molecule has 0 saturated carbocycles. The second-order valence-electron chi connectivity index (χ2n) is 11.0. The van der Waals surface area contributed by atoms with Gasteiger partial charge in [-0.05, 0) is 90.1 Å². The molecule has 188 valence electrons. The normalized spacial score (nSPS) is 16.4. The van der Waals surface area contributed by atoms with Crippen molar-refractivity contribution in [1.82, 2.24) is 14.5 Å². The highest BCUT2D eigenvalue weighted by Crippen LogP contribution is 2.50. The van der Waals surface area contributed by atoms with Crippen LogP contribution in [0.1, 0.15) is 59.9 Å². The van der Waals surface area contributed by atoms with Crippen LogP contribution in [0.2, 0.25) is 16.6 Å². The fourth-order valence-corrected chi connectivity index (χ4v) is 13.5. The van der Waals surface area contributed by atoms with E-state index in [0.29, 0.717) is 29.5 Å². The molecule has 3 aromatic rings. The van der Waals surface area contributed by atoms with Crippen LogP contribution in [0.3, 0.4) is 0 Å². The average Bonchev–Trinajstić information content (AvgIpc) is 3.22. The molecule has 0 atom stereocenters. The average molecular weight is 494 g/mol. The number of benzene rings is 1. The predicted octanol–water partition coefficient (Wildman–Crippen LogP) is 6.95. The summed E-state index contributed by atoms with van der Waals surface area (Å²) in [6.45, 7) is 15.7. The Morgan fingerprint density at radius 3 is 1.94 bits per heavy atom. The lowest BCUT2D eigenvalue weighted by Gasteiger charge is -2.45. The molecule has 1 aliphatic rings. The van der Waals surface area contributed by atoms with Gasteiger partial charge in [0.2, 0.25) is 0 Å². The Morgan fingerprint density at radius 1 is 0.886 bits per heavy atom. The Morgan fingerprint density at radius 2 is 1.43 bits per heavy atom. The Kier molecular flexibility index (Phi) is 7.37. The maximum Gasteiger partial charge on any atom is 0.169 e. The van der Waals surface area contributed by atoms with Crippen LogP contribution >= 0.6 is 0 Å². The van der Waals surface area contributed by atoms with E-state index in [-0.39, 0.29) is 5.82 Å². The molecule has 1 saturated heterocycles. The maximum atomic E-state index is 14.0. The van der Waals surface area contributed by atoms with Gasteiger partial charge in [-0.3, -0.25) is 4.98 Å². The summed E-state index contributed by atoms with van der Waals surface area (Å²) >= 11 is 0. The molecule has 0 amide bonds. The molecule has 0 aliphatic carbocycles. The van der Waals surface area contributed by atoms with Crippen LogP contribution in [0.15, 0.2) is 55.0 Å². The largest absolute Gasteiger partial charge is 0.385 e. The van der Waals surface area contributed by atoms with Crippen molar-refractivity contribution in [3.63, 3.8) is 0 Å². The number of pyridine rings is 1. The first-order chi connectivity index (χ1) is 16.6. The Balaban J connectivity index is 2.17. The van der Waals surface area contributed by atoms with Crippen molar-refractivity contribution in [2.75, 3.05) is 13.1 Å². The van der Waals surface area contributed by atoms with E-state index in [2.05, 4.69) is 62.3 Å². The highest BCUT2D eigenvalue weighted by Gasteiger charge is 2.48. The molecule has 2 N–H and O–H groups in total. The summed E-state index contributed by atoms with van der Waals surface area (Å²) in [7, 11) is -2.20. The van der Waals surface area contributed by atoms with Crippen molar-refractivity contribution in [2.24, 2.45) is 0 Å². The van der Waals surface area contributed by atoms with Gasteiger partial charge < -0.3 is 14.7 Å². The number of nitrogens with zero attached hydrogens (tertiary/aromatic N) is 2. The van der Waals surface area contributed by atoms with Gasteiger partial charge in [-0.1, -0.05) is 41.5 Å². The molecule has 1 aromatic carbocycles. The quantitative estimate of drug-likeness (QED) is 0.350. The Hall–Kier alpha value is -2.28. The van der Waals surface area contributed by atoms with Crippen molar-refractivity contribution < 1.29 is 9.50 Å². The molecular formula is C29H40FN3OSi. The lowest BCUT2D eigenvalue weighted by Crippen LogP contribution is -2.52. The molecule has 3 heterocycles. The SMILES string of the molecule is CC(C)[Si](C(C)C)(C(C)C)n1cc(C2(O)CCNCC2)c(-c2ccncc2)c1-c1ccc(F)cc1. The number of nitrogens with one attached hydrogen (secondary N) is 1. The molecule has 0 radical (unpaired) electrons. The molecule has 35 heavy (non-hydrogen) atoms. The summed E-state index contributed by atoms with van der Waals surface area (Å²) in [4.78, 5) is 4.26. The standard InChI is InChI=1S/C29H40FN3OSi/c1-20(2)35(21(3)4,22(5)6)33-19-26(29(34)13-17-32-18-14-29)27(23-11-15-31-16-12-23)28(33)24-7-9-25(30)10-8-24/h7-12,15-16,19-22,32,34H,13-14,17-18H2,1-6H3. The number of halogens is 1. The van der Waals surface area contributed by atoms with Crippen molar-refractivity contribution in [3.05, 3.63) is 66.4 Å². The second kappa shape index (κ2) is 10.00. The number of hydrogen-bond donors (Lipinski definition) is 2. The van der Waals surface area contributed by atoms with Gasteiger partial charge in [0.15, 0.2) is 8.24 Å². The van der Waals surface area contributed by atoms with Crippen LogP contribution in [-0.4, -0.2) is 35.6 Å². The Bertz CT molecular complexity index is 1110. The predicted molar refractivity (Wildman–Crippen MR) is 146 cm³/mol. The Labute approximate surface area is 210 Å². The minimum atomic E-state index is -2.20. The van der Waals surface area contributed by atoms with Crippen LogP contribution in [-0.2, 0) is 5.60 Å². The van der Waals surface area contributed by atoms with Crippen molar-refractivity contribution >= 4 is 8.24 Å². The third-order valence-corrected chi connectivity index (χ3v) is 15.0. The molecule has 1 fully saturated rings. The molecular weight excluding hydrogens is 453 g/mol. The molecule has 0 spiro atoms. The van der Waals surface area contributed by atoms with Gasteiger partial charge in [-0.2, -0.15) is 0 Å². The lowest BCUT2D eigenvalue weighted by atomic mass is 9.82. The van der Waals surface area contributed by atoms with Gasteiger partial charge in [0.05, 0.1) is 5.60 Å². The third kappa shape index (κ3) is 4.41. The van der Waals surface area contributed by atoms with Gasteiger partial charge in [0.1, 0.15) is 5.82 Å². The number of aliphatic hydroxyl groups is 1. The van der Waals surface area contributed by atoms with E-state index in [1.54, 1.807) is 12.1 Å². The molecule has 0 unspecified atom stereocenters. The monoisotopic (exact) mass is 493 g/mol. The number of piperidine rings is 1. The maximum absolute atomic E-state index is 14.0. The van der Waals surface area contributed by atoms with Crippen LogP contribution in [0.4, 0.5) is 4.39 Å². The lowest BCUT2D eigenvalue weighted by molar-refractivity contribution is 0.00652. The minimum absolute atomic E-state index is 0.241. The topological polar surface area (TPSA) is 50.1 Å². The summed E-state index contributed by atoms with van der Waals surface area (Å²) in [5.41, 5.74) is 5.65. The highest BCUT2D eigenvalue weighted by atomic mass is 28.3. The van der Waals surface area contributed by atoms with Crippen LogP contribution in [0, 0.1) is 5.82 Å². The molecule has 6 heteroatoms. The van der Waals surface area contributed by atoms with E-state index in [1.807, 2.05) is 36.7 Å². The number of hydrogen-bond acceptors (Lipinski definition) is 3. The van der Waals surface area contributed by atoms with Gasteiger partial charge in [0, 0.05) is 35.4 Å². The van der Waals surface area contributed by atoms with E-state index in [4.69, 9.17) is 0 Å². The third-order valence-electron chi connectivity index (χ3n) is 8.22. The van der Waals surface area contributed by atoms with Gasteiger partial charge in [0.25, 0.3) is 0 Å². The zero-order chi connectivity index (χ0) is 25.4. The van der Waals surface area contributed by atoms with Crippen LogP contribution in [0.25, 0.3) is 22.4 Å². The van der Waals surface area contributed by atoms with Crippen LogP contribution in [0.5, 0.6) is 0 Å². The van der Waals surface area contributed by atoms with Gasteiger partial charge in [-0.15, -0.1) is 0 Å². The zero-order valence-corrected chi connectivity index (χ0v) is 23.0. The summed E-state index contributed by atoms with van der Waals surface area (Å²) in [5.74, 6) is -0.241. The minimum Gasteiger partial charge on any atom is -0.385 e. The fourth-order valence-electron chi connectivity index (χ4n) is 6.81. The number of aromatic nitrogens is 2. The summed E-state index contributed by atoms with van der Waals surface area (Å²) < 4.78 is 16.6. The van der Waals surface area contributed by atoms with Gasteiger partial charge in [-0.25, -0.2) is 4.39 Å². The van der Waals surface area contributed by atoms with E-state index < -0.39 is 13.8 Å². The molecule has 1 aliphatic heterocycles. The van der Waals surface area contributed by atoms with Gasteiger partial charge >= 0.3 is 0 Å². The smallest absolute Gasteiger partial charge is 0.169 e. The van der Waals surface area contributed by atoms with Crippen molar-refractivity contribution in [1.29, 1.82) is 0 Å². The highest BCUT2D eigenvalue weighted by molar-refractivity contribution is 6.82. The molecule has 4 rings (SSSR count). The van der Waals surface area contributed by atoms with E-state index in [0.717, 1.165) is 41.0 Å². The first kappa shape index (κ1) is 25.8. The van der Waals surface area contributed by atoms with E-state index in [1.165, 1.54) is 0 Å². The molecule has 2 aromatic heterocycles. The summed E-state index contributed by atoms with van der Waals surface area (Å²) in [6.07, 6.45) is 7.24. The first-order valence-corrected chi connectivity index (χ1v) is 15.2. The molecule has 4 nitrogen and oxygen atoms in total. The second-order valence-corrected chi connectivity index (χ2v) is 16.7.